The molecule has 1 unspecified atom stereocenters. The molecule has 1 rings (SSSR count). The van der Waals surface area contributed by atoms with Crippen LogP contribution in [0.15, 0.2) is 12.3 Å². The first kappa shape index (κ1) is 11.2. The third kappa shape index (κ3) is 2.80. The van der Waals surface area contributed by atoms with Crippen molar-refractivity contribution < 1.29 is 4.39 Å². The van der Waals surface area contributed by atoms with Gasteiger partial charge in [0.1, 0.15) is 6.17 Å². The molecule has 1 atom stereocenters. The summed E-state index contributed by atoms with van der Waals surface area (Å²) >= 11 is 0. The average molecular weight is 199 g/mol. The molecule has 14 heavy (non-hydrogen) atoms. The molecule has 0 amide bonds. The molecule has 0 aliphatic heterocycles. The van der Waals surface area contributed by atoms with Gasteiger partial charge in [-0.05, 0) is 24.9 Å². The van der Waals surface area contributed by atoms with Gasteiger partial charge in [-0.25, -0.2) is 4.39 Å². The van der Waals surface area contributed by atoms with Gasteiger partial charge in [0.05, 0.1) is 5.69 Å². The van der Waals surface area contributed by atoms with Crippen LogP contribution in [0.4, 0.5) is 4.39 Å². The Bertz CT molecular complexity index is 270. The van der Waals surface area contributed by atoms with Crippen LogP contribution in [0.5, 0.6) is 0 Å². The van der Waals surface area contributed by atoms with Crippen molar-refractivity contribution in [1.29, 1.82) is 0 Å². The van der Waals surface area contributed by atoms with E-state index in [0.29, 0.717) is 24.6 Å². The summed E-state index contributed by atoms with van der Waals surface area (Å²) in [4.78, 5) is 0. The molecule has 1 aromatic rings. The van der Waals surface area contributed by atoms with Gasteiger partial charge in [0.2, 0.25) is 0 Å². The van der Waals surface area contributed by atoms with Gasteiger partial charge in [-0.3, -0.25) is 4.68 Å². The molecule has 0 spiro atoms. The quantitative estimate of drug-likeness (QED) is 0.787. The van der Waals surface area contributed by atoms with Gasteiger partial charge in [-0.15, -0.1) is 0 Å². The number of hydrogen-bond acceptors (Lipinski definition) is 2. The maximum Gasteiger partial charge on any atom is 0.143 e. The number of rotatable bonds is 5. The molecule has 0 aliphatic carbocycles. The molecule has 0 saturated heterocycles. The van der Waals surface area contributed by atoms with Crippen molar-refractivity contribution in [2.24, 2.45) is 11.7 Å². The standard InChI is InChI=1S/C10H18FN3/c1-8(2)7-14-10(4-6-13-14)9(11)3-5-12/h4,6,8-9H,3,5,7,12H2,1-2H3. The van der Waals surface area contributed by atoms with E-state index < -0.39 is 6.17 Å². The third-order valence-electron chi connectivity index (χ3n) is 2.03. The minimum absolute atomic E-state index is 0.365. The van der Waals surface area contributed by atoms with Gasteiger partial charge >= 0.3 is 0 Å². The highest BCUT2D eigenvalue weighted by Crippen LogP contribution is 2.20. The van der Waals surface area contributed by atoms with Gasteiger partial charge in [0.25, 0.3) is 0 Å². The zero-order valence-electron chi connectivity index (χ0n) is 8.78. The first-order valence-corrected chi connectivity index (χ1v) is 5.01. The smallest absolute Gasteiger partial charge is 0.143 e. The van der Waals surface area contributed by atoms with Gasteiger partial charge in [0, 0.05) is 12.7 Å². The van der Waals surface area contributed by atoms with E-state index in [0.717, 1.165) is 6.54 Å². The first-order chi connectivity index (χ1) is 6.65. The van der Waals surface area contributed by atoms with Gasteiger partial charge in [-0.2, -0.15) is 5.10 Å². The summed E-state index contributed by atoms with van der Waals surface area (Å²) in [6.45, 7) is 5.30. The van der Waals surface area contributed by atoms with E-state index in [9.17, 15) is 4.39 Å². The highest BCUT2D eigenvalue weighted by atomic mass is 19.1. The number of hydrogen-bond donors (Lipinski definition) is 1. The zero-order valence-corrected chi connectivity index (χ0v) is 8.78. The Balaban J connectivity index is 2.70. The second-order valence-corrected chi connectivity index (χ2v) is 3.88. The molecule has 0 saturated carbocycles. The molecule has 4 heteroatoms. The Labute approximate surface area is 84.1 Å². The number of aromatic nitrogens is 2. The summed E-state index contributed by atoms with van der Waals surface area (Å²) in [5.41, 5.74) is 5.96. The Morgan fingerprint density at radius 3 is 2.86 bits per heavy atom. The van der Waals surface area contributed by atoms with E-state index in [2.05, 4.69) is 18.9 Å². The van der Waals surface area contributed by atoms with E-state index in [1.54, 1.807) is 16.9 Å². The van der Waals surface area contributed by atoms with Crippen molar-refractivity contribution in [2.75, 3.05) is 6.54 Å². The van der Waals surface area contributed by atoms with Crippen molar-refractivity contribution in [1.82, 2.24) is 9.78 Å². The van der Waals surface area contributed by atoms with Crippen LogP contribution in [0.2, 0.25) is 0 Å². The van der Waals surface area contributed by atoms with Crippen molar-refractivity contribution >= 4 is 0 Å². The Hall–Kier alpha value is -0.900. The number of halogens is 1. The lowest BCUT2D eigenvalue weighted by Crippen LogP contribution is -2.13. The van der Waals surface area contributed by atoms with E-state index >= 15 is 0 Å². The predicted molar refractivity (Wildman–Crippen MR) is 54.6 cm³/mol. The maximum atomic E-state index is 13.5. The summed E-state index contributed by atoms with van der Waals surface area (Å²) in [5, 5.41) is 4.10. The number of nitrogens with zero attached hydrogens (tertiary/aromatic N) is 2. The SMILES string of the molecule is CC(C)Cn1nccc1C(F)CCN. The molecule has 0 aromatic carbocycles. The summed E-state index contributed by atoms with van der Waals surface area (Å²) in [6, 6.07) is 1.72. The van der Waals surface area contributed by atoms with E-state index in [-0.39, 0.29) is 0 Å². The highest BCUT2D eigenvalue weighted by molar-refractivity contribution is 5.04. The summed E-state index contributed by atoms with van der Waals surface area (Å²) in [6.07, 6.45) is 1.02. The Morgan fingerprint density at radius 1 is 1.57 bits per heavy atom. The van der Waals surface area contributed by atoms with Gasteiger partial charge in [0.15, 0.2) is 0 Å². The second-order valence-electron chi connectivity index (χ2n) is 3.88. The summed E-state index contributed by atoms with van der Waals surface area (Å²) in [5.74, 6) is 0.471. The first-order valence-electron chi connectivity index (χ1n) is 5.01. The molecule has 80 valence electrons. The van der Waals surface area contributed by atoms with Crippen molar-refractivity contribution in [3.05, 3.63) is 18.0 Å². The molecular formula is C10H18FN3. The van der Waals surface area contributed by atoms with Crippen LogP contribution in [0.3, 0.4) is 0 Å². The van der Waals surface area contributed by atoms with Gasteiger partial charge < -0.3 is 5.73 Å². The third-order valence-corrected chi connectivity index (χ3v) is 2.03. The van der Waals surface area contributed by atoms with Gasteiger partial charge in [-0.1, -0.05) is 13.8 Å². The van der Waals surface area contributed by atoms with Crippen molar-refractivity contribution in [3.8, 4) is 0 Å². The number of nitrogens with two attached hydrogens (primary N) is 1. The maximum absolute atomic E-state index is 13.5. The highest BCUT2D eigenvalue weighted by Gasteiger charge is 2.14. The minimum atomic E-state index is -0.985. The van der Waals surface area contributed by atoms with Crippen molar-refractivity contribution in [3.63, 3.8) is 0 Å². The van der Waals surface area contributed by atoms with E-state index in [1.807, 2.05) is 0 Å². The summed E-state index contributed by atoms with van der Waals surface area (Å²) in [7, 11) is 0. The monoisotopic (exact) mass is 199 g/mol. The topological polar surface area (TPSA) is 43.8 Å². The molecule has 3 nitrogen and oxygen atoms in total. The minimum Gasteiger partial charge on any atom is -0.330 e. The molecule has 0 radical (unpaired) electrons. The predicted octanol–water partition coefficient (Wildman–Crippen LogP) is 1.90. The van der Waals surface area contributed by atoms with Crippen molar-refractivity contribution in [2.45, 2.75) is 33.0 Å². The molecular weight excluding hydrogens is 181 g/mol. The summed E-state index contributed by atoms with van der Waals surface area (Å²) < 4.78 is 15.3. The van der Waals surface area contributed by atoms with Crippen LogP contribution < -0.4 is 5.73 Å². The molecule has 0 fully saturated rings. The molecule has 1 heterocycles. The fraction of sp³-hybridized carbons (Fsp3) is 0.700. The second kappa shape index (κ2) is 5.10. The van der Waals surface area contributed by atoms with Crippen LogP contribution >= 0.6 is 0 Å². The average Bonchev–Trinajstić information content (AvgIpc) is 2.51. The Morgan fingerprint density at radius 2 is 2.29 bits per heavy atom. The van der Waals surface area contributed by atoms with Crippen LogP contribution in [0, 0.1) is 5.92 Å². The normalized spacial score (nSPS) is 13.5. The largest absolute Gasteiger partial charge is 0.330 e. The fourth-order valence-electron chi connectivity index (χ4n) is 1.40. The molecule has 0 aliphatic rings. The van der Waals surface area contributed by atoms with Crippen LogP contribution in [0.1, 0.15) is 32.1 Å². The zero-order chi connectivity index (χ0) is 10.6. The van der Waals surface area contributed by atoms with Crippen LogP contribution in [-0.4, -0.2) is 16.3 Å². The molecule has 2 N–H and O–H groups in total. The lowest BCUT2D eigenvalue weighted by Gasteiger charge is -2.12. The Kier molecular flexibility index (Phi) is 4.07. The van der Waals surface area contributed by atoms with Crippen LogP contribution in [-0.2, 0) is 6.54 Å². The molecule has 1 aromatic heterocycles. The van der Waals surface area contributed by atoms with E-state index in [4.69, 9.17) is 5.73 Å². The van der Waals surface area contributed by atoms with E-state index in [1.165, 1.54) is 0 Å². The van der Waals surface area contributed by atoms with Crippen LogP contribution in [0.25, 0.3) is 0 Å². The fourth-order valence-corrected chi connectivity index (χ4v) is 1.40. The molecule has 0 bridgehead atoms. The number of alkyl halides is 1. The lowest BCUT2D eigenvalue weighted by molar-refractivity contribution is 0.299. The lowest BCUT2D eigenvalue weighted by atomic mass is 10.2.